The maximum Gasteiger partial charge on any atom is 0.273 e. The van der Waals surface area contributed by atoms with E-state index < -0.39 is 0 Å². The Hall–Kier alpha value is -1.82. The van der Waals surface area contributed by atoms with Gasteiger partial charge in [-0.1, -0.05) is 30.3 Å². The Kier molecular flexibility index (Phi) is 10.0. The smallest absolute Gasteiger partial charge is 0.273 e. The number of carbonyl (C=O) groups excluding carboxylic acids is 1. The second-order valence-electron chi connectivity index (χ2n) is 5.24. The summed E-state index contributed by atoms with van der Waals surface area (Å²) < 4.78 is 5.60. The lowest BCUT2D eigenvalue weighted by Crippen LogP contribution is -2.32. The van der Waals surface area contributed by atoms with Crippen LogP contribution < -0.4 is 15.8 Å². The van der Waals surface area contributed by atoms with Crippen LogP contribution in [0, 0.1) is 0 Å². The van der Waals surface area contributed by atoms with Gasteiger partial charge in [0.2, 0.25) is 0 Å². The first-order chi connectivity index (χ1) is 10.6. The summed E-state index contributed by atoms with van der Waals surface area (Å²) in [6.45, 7) is 4.14. The standard InChI is InChI=1S/C17H21N3O2.2ClH/c1-12(2)22-15-9-6-10-19-16(15)17(21)20-11-14(18)13-7-4-3-5-8-13;;/h3-10,12,14H,11,18H2,1-2H3,(H,20,21);2*1H. The first kappa shape index (κ1) is 22.2. The molecule has 0 saturated heterocycles. The number of carbonyl (C=O) groups is 1. The monoisotopic (exact) mass is 371 g/mol. The molecule has 0 aliphatic heterocycles. The van der Waals surface area contributed by atoms with Gasteiger partial charge in [-0.2, -0.15) is 0 Å². The van der Waals surface area contributed by atoms with E-state index in [1.165, 1.54) is 0 Å². The lowest BCUT2D eigenvalue weighted by molar-refractivity contribution is 0.0939. The fraction of sp³-hybridized carbons (Fsp3) is 0.294. The number of halogens is 2. The fourth-order valence-corrected chi connectivity index (χ4v) is 2.01. The van der Waals surface area contributed by atoms with Crippen LogP contribution in [0.3, 0.4) is 0 Å². The Morgan fingerprint density at radius 1 is 1.17 bits per heavy atom. The van der Waals surface area contributed by atoms with Crippen LogP contribution in [0.1, 0.15) is 35.9 Å². The molecule has 5 nitrogen and oxygen atoms in total. The van der Waals surface area contributed by atoms with Gasteiger partial charge in [0.1, 0.15) is 0 Å². The molecule has 2 aromatic rings. The van der Waals surface area contributed by atoms with Crippen LogP contribution in [0.4, 0.5) is 0 Å². The molecule has 1 heterocycles. The number of rotatable bonds is 6. The summed E-state index contributed by atoms with van der Waals surface area (Å²) >= 11 is 0. The van der Waals surface area contributed by atoms with Crippen molar-refractivity contribution in [2.24, 2.45) is 5.73 Å². The minimum Gasteiger partial charge on any atom is -0.489 e. The third-order valence-corrected chi connectivity index (χ3v) is 3.06. The highest BCUT2D eigenvalue weighted by Gasteiger charge is 2.16. The van der Waals surface area contributed by atoms with Crippen LogP contribution in [0.25, 0.3) is 0 Å². The first-order valence-electron chi connectivity index (χ1n) is 7.28. The van der Waals surface area contributed by atoms with Crippen LogP contribution in [0.5, 0.6) is 5.75 Å². The van der Waals surface area contributed by atoms with Crippen molar-refractivity contribution < 1.29 is 9.53 Å². The SMILES string of the molecule is CC(C)Oc1cccnc1C(=O)NCC(N)c1ccccc1.Cl.Cl. The van der Waals surface area contributed by atoms with Crippen molar-refractivity contribution in [1.29, 1.82) is 0 Å². The van der Waals surface area contributed by atoms with E-state index in [4.69, 9.17) is 10.5 Å². The number of ether oxygens (including phenoxy) is 1. The molecule has 1 unspecified atom stereocenters. The second-order valence-corrected chi connectivity index (χ2v) is 5.24. The normalized spacial score (nSPS) is 11.0. The average Bonchev–Trinajstić information content (AvgIpc) is 2.53. The summed E-state index contributed by atoms with van der Waals surface area (Å²) in [5, 5.41) is 2.80. The first-order valence-corrected chi connectivity index (χ1v) is 7.28. The molecule has 24 heavy (non-hydrogen) atoms. The molecule has 132 valence electrons. The largest absolute Gasteiger partial charge is 0.489 e. The number of hydrogen-bond acceptors (Lipinski definition) is 4. The van der Waals surface area contributed by atoms with Gasteiger partial charge in [-0.3, -0.25) is 4.79 Å². The van der Waals surface area contributed by atoms with Gasteiger partial charge in [-0.25, -0.2) is 4.98 Å². The molecule has 0 saturated carbocycles. The van der Waals surface area contributed by atoms with E-state index in [0.29, 0.717) is 12.3 Å². The van der Waals surface area contributed by atoms with Crippen LogP contribution in [-0.2, 0) is 0 Å². The summed E-state index contributed by atoms with van der Waals surface area (Å²) in [7, 11) is 0. The molecule has 2 rings (SSSR count). The topological polar surface area (TPSA) is 77.2 Å². The maximum absolute atomic E-state index is 12.3. The van der Waals surface area contributed by atoms with E-state index >= 15 is 0 Å². The molecule has 7 heteroatoms. The lowest BCUT2D eigenvalue weighted by atomic mass is 10.1. The van der Waals surface area contributed by atoms with Crippen LogP contribution >= 0.6 is 24.8 Å². The molecular formula is C17H23Cl2N3O2. The Morgan fingerprint density at radius 2 is 1.83 bits per heavy atom. The number of amides is 1. The number of pyridine rings is 1. The lowest BCUT2D eigenvalue weighted by Gasteiger charge is -2.15. The summed E-state index contributed by atoms with van der Waals surface area (Å²) in [6.07, 6.45) is 1.54. The molecule has 0 spiro atoms. The zero-order chi connectivity index (χ0) is 15.9. The number of benzene rings is 1. The molecule has 1 amide bonds. The predicted molar refractivity (Wildman–Crippen MR) is 100 cm³/mol. The Bertz CT molecular complexity index is 624. The maximum atomic E-state index is 12.3. The molecule has 0 aliphatic rings. The third kappa shape index (κ3) is 6.35. The van der Waals surface area contributed by atoms with Crippen molar-refractivity contribution in [3.05, 3.63) is 59.9 Å². The van der Waals surface area contributed by atoms with Crippen LogP contribution in [0.15, 0.2) is 48.7 Å². The molecule has 1 aromatic heterocycles. The third-order valence-electron chi connectivity index (χ3n) is 3.06. The van der Waals surface area contributed by atoms with E-state index in [0.717, 1.165) is 5.56 Å². The van der Waals surface area contributed by atoms with Gasteiger partial charge in [-0.15, -0.1) is 24.8 Å². The number of aromatic nitrogens is 1. The second kappa shape index (κ2) is 10.9. The van der Waals surface area contributed by atoms with E-state index in [2.05, 4.69) is 10.3 Å². The zero-order valence-electron chi connectivity index (χ0n) is 13.6. The zero-order valence-corrected chi connectivity index (χ0v) is 15.3. The van der Waals surface area contributed by atoms with Gasteiger partial charge in [0, 0.05) is 18.8 Å². The molecule has 0 fully saturated rings. The minimum absolute atomic E-state index is 0. The molecule has 1 aromatic carbocycles. The van der Waals surface area contributed by atoms with Crippen molar-refractivity contribution in [3.63, 3.8) is 0 Å². The summed E-state index contributed by atoms with van der Waals surface area (Å²) in [6, 6.07) is 12.9. The highest BCUT2D eigenvalue weighted by molar-refractivity contribution is 5.94. The van der Waals surface area contributed by atoms with E-state index in [-0.39, 0.29) is 48.6 Å². The predicted octanol–water partition coefficient (Wildman–Crippen LogP) is 3.14. The van der Waals surface area contributed by atoms with Gasteiger partial charge in [0.05, 0.1) is 6.10 Å². The van der Waals surface area contributed by atoms with Crippen molar-refractivity contribution in [1.82, 2.24) is 10.3 Å². The molecule has 1 atom stereocenters. The number of nitrogens with two attached hydrogens (primary N) is 1. The number of hydrogen-bond donors (Lipinski definition) is 2. The molecule has 3 N–H and O–H groups in total. The van der Waals surface area contributed by atoms with Crippen molar-refractivity contribution in [2.75, 3.05) is 6.54 Å². The van der Waals surface area contributed by atoms with Crippen molar-refractivity contribution >= 4 is 30.7 Å². The van der Waals surface area contributed by atoms with Gasteiger partial charge < -0.3 is 15.8 Å². The molecule has 0 aliphatic carbocycles. The van der Waals surface area contributed by atoms with Crippen LogP contribution in [0.2, 0.25) is 0 Å². The van der Waals surface area contributed by atoms with Crippen LogP contribution in [-0.4, -0.2) is 23.5 Å². The number of nitrogens with zero attached hydrogens (tertiary/aromatic N) is 1. The highest BCUT2D eigenvalue weighted by Crippen LogP contribution is 2.17. The van der Waals surface area contributed by atoms with E-state index in [1.54, 1.807) is 18.3 Å². The van der Waals surface area contributed by atoms with E-state index in [1.807, 2.05) is 44.2 Å². The van der Waals surface area contributed by atoms with Gasteiger partial charge in [0.15, 0.2) is 11.4 Å². The summed E-state index contributed by atoms with van der Waals surface area (Å²) in [5.41, 5.74) is 7.32. The highest BCUT2D eigenvalue weighted by atomic mass is 35.5. The van der Waals surface area contributed by atoms with E-state index in [9.17, 15) is 4.79 Å². The molecular weight excluding hydrogens is 349 g/mol. The van der Waals surface area contributed by atoms with Crippen molar-refractivity contribution in [2.45, 2.75) is 26.0 Å². The summed E-state index contributed by atoms with van der Waals surface area (Å²) in [5.74, 6) is 0.186. The molecule has 0 bridgehead atoms. The minimum atomic E-state index is -0.289. The van der Waals surface area contributed by atoms with Crippen molar-refractivity contribution in [3.8, 4) is 5.75 Å². The van der Waals surface area contributed by atoms with Gasteiger partial charge in [0.25, 0.3) is 5.91 Å². The average molecular weight is 372 g/mol. The number of nitrogens with one attached hydrogen (secondary N) is 1. The Morgan fingerprint density at radius 3 is 2.46 bits per heavy atom. The Labute approximate surface area is 154 Å². The summed E-state index contributed by atoms with van der Waals surface area (Å²) in [4.78, 5) is 16.4. The fourth-order valence-electron chi connectivity index (χ4n) is 2.01. The van der Waals surface area contributed by atoms with Gasteiger partial charge >= 0.3 is 0 Å². The molecule has 0 radical (unpaired) electrons. The Balaban J connectivity index is 0.00000264. The van der Waals surface area contributed by atoms with Gasteiger partial charge in [-0.05, 0) is 31.5 Å². The quantitative estimate of drug-likeness (QED) is 0.817.